The van der Waals surface area contributed by atoms with E-state index < -0.39 is 0 Å². The number of amides is 1. The Balaban J connectivity index is 1.76. The average molecular weight is 375 g/mol. The Hall–Kier alpha value is -3.28. The second-order valence-corrected chi connectivity index (χ2v) is 6.99. The van der Waals surface area contributed by atoms with Gasteiger partial charge < -0.3 is 10.2 Å². The summed E-state index contributed by atoms with van der Waals surface area (Å²) >= 11 is 0. The van der Waals surface area contributed by atoms with Crippen LogP contribution < -0.4 is 5.32 Å². The monoisotopic (exact) mass is 375 g/mol. The number of rotatable bonds is 6. The third-order valence-corrected chi connectivity index (χ3v) is 4.50. The minimum absolute atomic E-state index is 0.0548. The van der Waals surface area contributed by atoms with Gasteiger partial charge in [0, 0.05) is 36.6 Å². The molecule has 1 amide bonds. The van der Waals surface area contributed by atoms with Crippen LogP contribution in [0, 0.1) is 0 Å². The van der Waals surface area contributed by atoms with Crippen molar-refractivity contribution in [2.24, 2.45) is 0 Å². The summed E-state index contributed by atoms with van der Waals surface area (Å²) in [4.78, 5) is 27.8. The van der Waals surface area contributed by atoms with Gasteiger partial charge in [0.2, 0.25) is 0 Å². The number of carbonyl (C=O) groups is 1. The van der Waals surface area contributed by atoms with Gasteiger partial charge in [-0.3, -0.25) is 9.78 Å². The maximum Gasteiger partial charge on any atom is 0.254 e. The first-order valence-electron chi connectivity index (χ1n) is 9.34. The smallest absolute Gasteiger partial charge is 0.254 e. The Kier molecular flexibility index (Phi) is 5.99. The number of hydrogen-bond acceptors (Lipinski definition) is 5. The second-order valence-electron chi connectivity index (χ2n) is 6.99. The summed E-state index contributed by atoms with van der Waals surface area (Å²) in [5, 5.41) is 3.27. The predicted molar refractivity (Wildman–Crippen MR) is 111 cm³/mol. The molecular weight excluding hydrogens is 350 g/mol. The molecule has 144 valence electrons. The Morgan fingerprint density at radius 3 is 2.36 bits per heavy atom. The number of nitrogens with one attached hydrogen (secondary N) is 1. The minimum atomic E-state index is -0.115. The van der Waals surface area contributed by atoms with Crippen LogP contribution in [0.1, 0.15) is 42.9 Å². The SMILES string of the molecule is CC(C)Nc1ccnc(-c2ccc(C(=O)N(C)C(C)c3ccccn3)cc2)n1. The molecular formula is C22H25N5O. The predicted octanol–water partition coefficient (Wildman–Crippen LogP) is 4.19. The van der Waals surface area contributed by atoms with E-state index in [2.05, 4.69) is 34.1 Å². The highest BCUT2D eigenvalue weighted by atomic mass is 16.2. The molecule has 0 radical (unpaired) electrons. The van der Waals surface area contributed by atoms with Crippen LogP contribution in [0.3, 0.4) is 0 Å². The third-order valence-electron chi connectivity index (χ3n) is 4.50. The Labute approximate surface area is 165 Å². The first-order chi connectivity index (χ1) is 13.5. The molecule has 2 heterocycles. The maximum atomic E-state index is 12.8. The van der Waals surface area contributed by atoms with Crippen LogP contribution in [0.15, 0.2) is 60.9 Å². The Morgan fingerprint density at radius 1 is 0.964 bits per heavy atom. The number of hydrogen-bond donors (Lipinski definition) is 1. The van der Waals surface area contributed by atoms with E-state index in [0.29, 0.717) is 17.4 Å². The summed E-state index contributed by atoms with van der Waals surface area (Å²) in [6.45, 7) is 6.09. The molecule has 1 unspecified atom stereocenters. The molecule has 0 bridgehead atoms. The van der Waals surface area contributed by atoms with Crippen LogP contribution in [-0.2, 0) is 0 Å². The van der Waals surface area contributed by atoms with Crippen molar-refractivity contribution in [1.29, 1.82) is 0 Å². The summed E-state index contributed by atoms with van der Waals surface area (Å²) < 4.78 is 0. The van der Waals surface area contributed by atoms with Crippen LogP contribution in [0.5, 0.6) is 0 Å². The van der Waals surface area contributed by atoms with E-state index in [1.54, 1.807) is 24.3 Å². The molecule has 0 aliphatic heterocycles. The molecule has 0 fully saturated rings. The van der Waals surface area contributed by atoms with E-state index in [-0.39, 0.29) is 11.9 Å². The van der Waals surface area contributed by atoms with Crippen LogP contribution in [-0.4, -0.2) is 38.8 Å². The average Bonchev–Trinajstić information content (AvgIpc) is 2.72. The molecule has 28 heavy (non-hydrogen) atoms. The first kappa shape index (κ1) is 19.5. The zero-order valence-corrected chi connectivity index (χ0v) is 16.6. The van der Waals surface area contributed by atoms with Gasteiger partial charge in [-0.25, -0.2) is 9.97 Å². The summed E-state index contributed by atoms with van der Waals surface area (Å²) in [5.41, 5.74) is 2.34. The van der Waals surface area contributed by atoms with Gasteiger partial charge in [-0.1, -0.05) is 18.2 Å². The van der Waals surface area contributed by atoms with Crippen LogP contribution in [0.25, 0.3) is 11.4 Å². The van der Waals surface area contributed by atoms with Crippen LogP contribution in [0.4, 0.5) is 5.82 Å². The molecule has 0 aliphatic carbocycles. The third kappa shape index (κ3) is 4.52. The van der Waals surface area contributed by atoms with Crippen molar-refractivity contribution >= 4 is 11.7 Å². The van der Waals surface area contributed by atoms with Gasteiger partial charge >= 0.3 is 0 Å². The molecule has 0 spiro atoms. The van der Waals surface area contributed by atoms with Gasteiger partial charge in [0.15, 0.2) is 5.82 Å². The summed E-state index contributed by atoms with van der Waals surface area (Å²) in [6.07, 6.45) is 3.47. The van der Waals surface area contributed by atoms with Gasteiger partial charge in [-0.2, -0.15) is 0 Å². The molecule has 1 aromatic carbocycles. The van der Waals surface area contributed by atoms with Gasteiger partial charge in [-0.05, 0) is 51.1 Å². The molecule has 6 heteroatoms. The molecule has 0 saturated heterocycles. The standard InChI is InChI=1S/C22H25N5O/c1-15(2)25-20-12-14-24-21(26-20)17-8-10-18(11-9-17)22(28)27(4)16(3)19-7-5-6-13-23-19/h5-16H,1-4H3,(H,24,25,26). The van der Waals surface area contributed by atoms with Gasteiger partial charge in [0.1, 0.15) is 5.82 Å². The summed E-state index contributed by atoms with van der Waals surface area (Å²) in [6, 6.07) is 15.1. The number of anilines is 1. The minimum Gasteiger partial charge on any atom is -0.368 e. The fraction of sp³-hybridized carbons (Fsp3) is 0.273. The highest BCUT2D eigenvalue weighted by Crippen LogP contribution is 2.21. The lowest BCUT2D eigenvalue weighted by Gasteiger charge is -2.24. The van der Waals surface area contributed by atoms with E-state index in [1.165, 1.54) is 0 Å². The van der Waals surface area contributed by atoms with E-state index in [0.717, 1.165) is 17.1 Å². The molecule has 0 aliphatic rings. The van der Waals surface area contributed by atoms with Gasteiger partial charge in [0.25, 0.3) is 5.91 Å². The Morgan fingerprint density at radius 2 is 1.71 bits per heavy atom. The topological polar surface area (TPSA) is 71.0 Å². The second kappa shape index (κ2) is 8.61. The lowest BCUT2D eigenvalue weighted by atomic mass is 10.1. The number of aromatic nitrogens is 3. The molecule has 0 saturated carbocycles. The quantitative estimate of drug-likeness (QED) is 0.699. The largest absolute Gasteiger partial charge is 0.368 e. The van der Waals surface area contributed by atoms with E-state index in [1.807, 2.05) is 55.5 Å². The van der Waals surface area contributed by atoms with Gasteiger partial charge in [-0.15, -0.1) is 0 Å². The van der Waals surface area contributed by atoms with Crippen LogP contribution in [0.2, 0.25) is 0 Å². The van der Waals surface area contributed by atoms with E-state index in [9.17, 15) is 4.79 Å². The van der Waals surface area contributed by atoms with Crippen molar-refractivity contribution in [3.63, 3.8) is 0 Å². The Bertz CT molecular complexity index is 925. The number of carbonyl (C=O) groups excluding carboxylic acids is 1. The molecule has 1 atom stereocenters. The van der Waals surface area contributed by atoms with Crippen molar-refractivity contribution in [2.75, 3.05) is 12.4 Å². The van der Waals surface area contributed by atoms with Crippen molar-refractivity contribution in [1.82, 2.24) is 19.9 Å². The van der Waals surface area contributed by atoms with E-state index >= 15 is 0 Å². The zero-order chi connectivity index (χ0) is 20.1. The fourth-order valence-electron chi connectivity index (χ4n) is 2.84. The highest BCUT2D eigenvalue weighted by molar-refractivity contribution is 5.94. The van der Waals surface area contributed by atoms with Gasteiger partial charge in [0.05, 0.1) is 11.7 Å². The van der Waals surface area contributed by atoms with Crippen molar-refractivity contribution in [3.8, 4) is 11.4 Å². The fourth-order valence-corrected chi connectivity index (χ4v) is 2.84. The van der Waals surface area contributed by atoms with Crippen molar-refractivity contribution in [2.45, 2.75) is 32.9 Å². The van der Waals surface area contributed by atoms with Crippen molar-refractivity contribution in [3.05, 3.63) is 72.2 Å². The summed E-state index contributed by atoms with van der Waals surface area (Å²) in [5.74, 6) is 1.35. The van der Waals surface area contributed by atoms with E-state index in [4.69, 9.17) is 0 Å². The lowest BCUT2D eigenvalue weighted by molar-refractivity contribution is 0.0740. The van der Waals surface area contributed by atoms with Crippen molar-refractivity contribution < 1.29 is 4.79 Å². The maximum absolute atomic E-state index is 12.8. The number of pyridine rings is 1. The highest BCUT2D eigenvalue weighted by Gasteiger charge is 2.19. The molecule has 1 N–H and O–H groups in total. The molecule has 3 aromatic rings. The normalized spacial score (nSPS) is 11.9. The summed E-state index contributed by atoms with van der Waals surface area (Å²) in [7, 11) is 1.79. The molecule has 3 rings (SSSR count). The molecule has 2 aromatic heterocycles. The first-order valence-corrected chi connectivity index (χ1v) is 9.34. The van der Waals surface area contributed by atoms with Crippen LogP contribution >= 0.6 is 0 Å². The number of nitrogens with zero attached hydrogens (tertiary/aromatic N) is 4. The number of benzene rings is 1. The lowest BCUT2D eigenvalue weighted by Crippen LogP contribution is -2.30. The molecule has 6 nitrogen and oxygen atoms in total. The zero-order valence-electron chi connectivity index (χ0n) is 16.6.